The van der Waals surface area contributed by atoms with Gasteiger partial charge < -0.3 is 9.84 Å². The summed E-state index contributed by atoms with van der Waals surface area (Å²) in [7, 11) is 0. The molecule has 5 heteroatoms. The zero-order valence-corrected chi connectivity index (χ0v) is 14.4. The predicted octanol–water partition coefficient (Wildman–Crippen LogP) is 3.47. The van der Waals surface area contributed by atoms with Crippen molar-refractivity contribution in [2.45, 2.75) is 45.6 Å². The predicted molar refractivity (Wildman–Crippen MR) is 90.2 cm³/mol. The number of carboxylic acid groups (broad SMARTS) is 1. The molecule has 0 aromatic heterocycles. The van der Waals surface area contributed by atoms with Crippen LogP contribution in [-0.2, 0) is 4.79 Å². The molecule has 1 fully saturated rings. The van der Waals surface area contributed by atoms with Crippen LogP contribution >= 0.6 is 12.4 Å². The maximum atomic E-state index is 11.1. The highest BCUT2D eigenvalue weighted by atomic mass is 35.5. The van der Waals surface area contributed by atoms with Gasteiger partial charge in [0.25, 0.3) is 0 Å². The number of hydrogen-bond donors (Lipinski definition) is 1. The van der Waals surface area contributed by atoms with E-state index in [9.17, 15) is 4.79 Å². The number of ether oxygens (including phenoxy) is 1. The molecule has 1 atom stereocenters. The van der Waals surface area contributed by atoms with E-state index in [0.29, 0.717) is 19.1 Å². The van der Waals surface area contributed by atoms with E-state index in [4.69, 9.17) is 9.84 Å². The lowest BCUT2D eigenvalue weighted by Crippen LogP contribution is -2.38. The van der Waals surface area contributed by atoms with E-state index in [2.05, 4.69) is 32.9 Å². The summed E-state index contributed by atoms with van der Waals surface area (Å²) < 4.78 is 5.78. The molecule has 0 spiro atoms. The van der Waals surface area contributed by atoms with Crippen LogP contribution in [0.2, 0.25) is 0 Å². The Kier molecular flexibility index (Phi) is 7.17. The Bertz CT molecular complexity index is 505. The van der Waals surface area contributed by atoms with E-state index < -0.39 is 5.97 Å². The number of likely N-dealkylation sites (tertiary alicyclic amines) is 1. The lowest BCUT2D eigenvalue weighted by molar-refractivity contribution is -0.142. The fraction of sp³-hybridized carbons (Fsp3) is 0.588. The zero-order valence-electron chi connectivity index (χ0n) is 13.5. The maximum Gasteiger partial charge on any atom is 0.320 e. The summed E-state index contributed by atoms with van der Waals surface area (Å²) in [5, 5.41) is 9.14. The Morgan fingerprint density at radius 3 is 2.77 bits per heavy atom. The highest BCUT2D eigenvalue weighted by Crippen LogP contribution is 2.23. The molecule has 1 aliphatic heterocycles. The number of nitrogens with zero attached hydrogens (tertiary/aromatic N) is 1. The van der Waals surface area contributed by atoms with Gasteiger partial charge in [-0.05, 0) is 55.5 Å². The summed E-state index contributed by atoms with van der Waals surface area (Å²) in [6.45, 7) is 8.52. The van der Waals surface area contributed by atoms with Crippen molar-refractivity contribution >= 4 is 18.4 Å². The molecule has 124 valence electrons. The van der Waals surface area contributed by atoms with Crippen molar-refractivity contribution in [3.8, 4) is 5.75 Å². The van der Waals surface area contributed by atoms with E-state index >= 15 is 0 Å². The number of benzene rings is 1. The molecule has 0 bridgehead atoms. The Balaban J connectivity index is 0.00000242. The third-order valence-electron chi connectivity index (χ3n) is 4.16. The molecule has 1 heterocycles. The van der Waals surface area contributed by atoms with Crippen LogP contribution < -0.4 is 4.74 Å². The molecule has 0 saturated carbocycles. The van der Waals surface area contributed by atoms with E-state index in [1.807, 2.05) is 11.0 Å². The van der Waals surface area contributed by atoms with Crippen molar-refractivity contribution in [3.63, 3.8) is 0 Å². The first kappa shape index (κ1) is 18.8. The summed E-state index contributed by atoms with van der Waals surface area (Å²) in [4.78, 5) is 13.1. The highest BCUT2D eigenvalue weighted by Gasteiger charge is 2.29. The molecule has 1 aromatic rings. The van der Waals surface area contributed by atoms with Crippen LogP contribution in [0.25, 0.3) is 0 Å². The van der Waals surface area contributed by atoms with Gasteiger partial charge in [-0.25, -0.2) is 0 Å². The van der Waals surface area contributed by atoms with Gasteiger partial charge in [0.2, 0.25) is 0 Å². The Labute approximate surface area is 138 Å². The van der Waals surface area contributed by atoms with Crippen molar-refractivity contribution in [1.82, 2.24) is 4.90 Å². The Morgan fingerprint density at radius 1 is 1.45 bits per heavy atom. The van der Waals surface area contributed by atoms with Crippen molar-refractivity contribution in [1.29, 1.82) is 0 Å². The number of aliphatic carboxylic acids is 1. The van der Waals surface area contributed by atoms with Gasteiger partial charge in [-0.2, -0.15) is 0 Å². The first-order valence-corrected chi connectivity index (χ1v) is 7.69. The molecule has 0 unspecified atom stereocenters. The highest BCUT2D eigenvalue weighted by molar-refractivity contribution is 5.85. The van der Waals surface area contributed by atoms with Crippen LogP contribution in [0.1, 0.15) is 43.7 Å². The topological polar surface area (TPSA) is 49.8 Å². The standard InChI is InChI=1S/C17H25NO3.ClH/c1-12(2)15-7-6-14(11-13(15)3)21-10-9-18-8-4-5-16(18)17(19)20;/h6-7,11-12,16H,4-5,8-10H2,1-3H3,(H,19,20);1H/t16-;/m1./s1. The van der Waals surface area contributed by atoms with Gasteiger partial charge in [-0.15, -0.1) is 12.4 Å². The second kappa shape index (κ2) is 8.39. The van der Waals surface area contributed by atoms with Crippen LogP contribution in [0.15, 0.2) is 18.2 Å². The third kappa shape index (κ3) is 4.62. The van der Waals surface area contributed by atoms with Gasteiger partial charge in [0.05, 0.1) is 0 Å². The van der Waals surface area contributed by atoms with Crippen LogP contribution in [0, 0.1) is 6.92 Å². The maximum absolute atomic E-state index is 11.1. The smallest absolute Gasteiger partial charge is 0.320 e. The summed E-state index contributed by atoms with van der Waals surface area (Å²) >= 11 is 0. The summed E-state index contributed by atoms with van der Waals surface area (Å²) in [5.74, 6) is 0.660. The number of hydrogen-bond acceptors (Lipinski definition) is 3. The van der Waals surface area contributed by atoms with Crippen molar-refractivity contribution in [2.24, 2.45) is 0 Å². The lowest BCUT2D eigenvalue weighted by Gasteiger charge is -2.21. The van der Waals surface area contributed by atoms with Crippen molar-refractivity contribution in [3.05, 3.63) is 29.3 Å². The monoisotopic (exact) mass is 327 g/mol. The molecule has 0 aliphatic carbocycles. The average molecular weight is 328 g/mol. The van der Waals surface area contributed by atoms with Crippen LogP contribution in [0.4, 0.5) is 0 Å². The number of carbonyl (C=O) groups is 1. The van der Waals surface area contributed by atoms with E-state index in [1.165, 1.54) is 11.1 Å². The first-order valence-electron chi connectivity index (χ1n) is 7.69. The minimum Gasteiger partial charge on any atom is -0.492 e. The van der Waals surface area contributed by atoms with Crippen LogP contribution in [0.3, 0.4) is 0 Å². The molecule has 1 aromatic carbocycles. The van der Waals surface area contributed by atoms with Gasteiger partial charge in [-0.1, -0.05) is 19.9 Å². The normalized spacial score (nSPS) is 18.3. The minimum atomic E-state index is -0.718. The second-order valence-corrected chi connectivity index (χ2v) is 6.05. The van der Waals surface area contributed by atoms with Gasteiger partial charge in [0.15, 0.2) is 0 Å². The van der Waals surface area contributed by atoms with Crippen LogP contribution in [0.5, 0.6) is 5.75 Å². The van der Waals surface area contributed by atoms with Gasteiger partial charge in [0, 0.05) is 6.54 Å². The minimum absolute atomic E-state index is 0. The molecule has 4 nitrogen and oxygen atoms in total. The fourth-order valence-electron chi connectivity index (χ4n) is 3.04. The zero-order chi connectivity index (χ0) is 15.4. The van der Waals surface area contributed by atoms with Gasteiger partial charge in [-0.3, -0.25) is 9.69 Å². The van der Waals surface area contributed by atoms with Crippen molar-refractivity contribution < 1.29 is 14.6 Å². The van der Waals surface area contributed by atoms with E-state index in [1.54, 1.807) is 0 Å². The molecular formula is C17H26ClNO3. The Morgan fingerprint density at radius 2 is 2.18 bits per heavy atom. The molecule has 22 heavy (non-hydrogen) atoms. The summed E-state index contributed by atoms with van der Waals surface area (Å²) in [5.41, 5.74) is 2.58. The molecule has 2 rings (SSSR count). The number of rotatable bonds is 6. The molecule has 1 aliphatic rings. The van der Waals surface area contributed by atoms with Crippen LogP contribution in [-0.4, -0.2) is 41.7 Å². The van der Waals surface area contributed by atoms with Gasteiger partial charge in [0.1, 0.15) is 18.4 Å². The number of carboxylic acids is 1. The summed E-state index contributed by atoms with van der Waals surface area (Å²) in [6.07, 6.45) is 1.71. The molecule has 0 amide bonds. The number of halogens is 1. The number of aryl methyl sites for hydroxylation is 1. The third-order valence-corrected chi connectivity index (χ3v) is 4.16. The SMILES string of the molecule is Cc1cc(OCCN2CCC[C@@H]2C(=O)O)ccc1C(C)C.Cl. The molecule has 0 radical (unpaired) electrons. The fourth-order valence-corrected chi connectivity index (χ4v) is 3.04. The lowest BCUT2D eigenvalue weighted by atomic mass is 9.98. The Hall–Kier alpha value is -1.26. The largest absolute Gasteiger partial charge is 0.492 e. The summed E-state index contributed by atoms with van der Waals surface area (Å²) in [6, 6.07) is 5.85. The van der Waals surface area contributed by atoms with Gasteiger partial charge >= 0.3 is 5.97 Å². The quantitative estimate of drug-likeness (QED) is 0.869. The van der Waals surface area contributed by atoms with E-state index in [0.717, 1.165) is 25.1 Å². The molecule has 1 saturated heterocycles. The van der Waals surface area contributed by atoms with E-state index in [-0.39, 0.29) is 18.4 Å². The first-order chi connectivity index (χ1) is 9.99. The molecule has 1 N–H and O–H groups in total. The second-order valence-electron chi connectivity index (χ2n) is 6.05. The average Bonchev–Trinajstić information content (AvgIpc) is 2.87. The van der Waals surface area contributed by atoms with Crippen molar-refractivity contribution in [2.75, 3.05) is 19.7 Å². The molecular weight excluding hydrogens is 302 g/mol.